The van der Waals surface area contributed by atoms with Crippen LogP contribution in [-0.4, -0.2) is 107 Å². The van der Waals surface area contributed by atoms with Gasteiger partial charge in [0, 0.05) is 67.1 Å². The normalized spacial score (nSPS) is 20.4. The van der Waals surface area contributed by atoms with Gasteiger partial charge in [0.1, 0.15) is 11.3 Å². The molecule has 1 saturated carbocycles. The van der Waals surface area contributed by atoms with Gasteiger partial charge in [0.15, 0.2) is 12.4 Å². The highest BCUT2D eigenvalue weighted by Gasteiger charge is 2.47. The molecule has 1 N–H and O–H groups in total. The maximum Gasteiger partial charge on any atom is 0.422 e. The average Bonchev–Trinajstić information content (AvgIpc) is 3.65. The SMILES string of the molecule is C=CC(=O)N1CC2(CCN(c3nc(N4CC[C@@H](N(CC)CC)C4)nc4c(OCC(F)(F)F)c(-c5c(C)ccc6[nH]ncc56)c(C5CC5)cc34)CC2)C1. The molecular weight excluding hydrogens is 669 g/mol. The van der Waals surface area contributed by atoms with Crippen molar-refractivity contribution in [1.82, 2.24) is 30.0 Å². The molecule has 4 fully saturated rings. The number of fused-ring (bicyclic) bond motifs is 2. The Bertz CT molecular complexity index is 2000. The predicted octanol–water partition coefficient (Wildman–Crippen LogP) is 6.84. The van der Waals surface area contributed by atoms with Crippen LogP contribution in [0.5, 0.6) is 5.75 Å². The van der Waals surface area contributed by atoms with Crippen molar-refractivity contribution in [2.75, 3.05) is 68.8 Å². The van der Waals surface area contributed by atoms with E-state index in [2.05, 4.69) is 51.4 Å². The molecule has 4 aliphatic rings. The van der Waals surface area contributed by atoms with Gasteiger partial charge in [-0.15, -0.1) is 0 Å². The first-order chi connectivity index (χ1) is 25.0. The van der Waals surface area contributed by atoms with E-state index in [-0.39, 0.29) is 23.0 Å². The molecule has 8 rings (SSSR count). The number of hydrogen-bond acceptors (Lipinski definition) is 8. The number of anilines is 2. The number of likely N-dealkylation sites (N-methyl/N-ethyl adjacent to an activating group) is 1. The number of piperidine rings is 1. The maximum absolute atomic E-state index is 14.1. The zero-order chi connectivity index (χ0) is 36.4. The zero-order valence-electron chi connectivity index (χ0n) is 30.2. The van der Waals surface area contributed by atoms with Crippen molar-refractivity contribution in [2.45, 2.75) is 71.0 Å². The molecule has 1 aliphatic carbocycles. The van der Waals surface area contributed by atoms with E-state index in [1.807, 2.05) is 24.0 Å². The molecule has 0 unspecified atom stereocenters. The van der Waals surface area contributed by atoms with Crippen molar-refractivity contribution in [3.63, 3.8) is 0 Å². The van der Waals surface area contributed by atoms with E-state index in [0.717, 1.165) is 110 Å². The summed E-state index contributed by atoms with van der Waals surface area (Å²) in [5.41, 5.74) is 4.64. The second-order valence-electron chi connectivity index (χ2n) is 15.2. The number of nitrogens with one attached hydrogen (secondary N) is 1. The van der Waals surface area contributed by atoms with Gasteiger partial charge < -0.3 is 19.4 Å². The lowest BCUT2D eigenvalue weighted by atomic mass is 9.72. The number of benzene rings is 2. The van der Waals surface area contributed by atoms with E-state index in [9.17, 15) is 18.0 Å². The lowest BCUT2D eigenvalue weighted by molar-refractivity contribution is -0.153. The number of rotatable bonds is 10. The maximum atomic E-state index is 14.1. The number of amides is 1. The Morgan fingerprint density at radius 3 is 2.48 bits per heavy atom. The van der Waals surface area contributed by atoms with E-state index < -0.39 is 12.8 Å². The van der Waals surface area contributed by atoms with Gasteiger partial charge >= 0.3 is 6.18 Å². The highest BCUT2D eigenvalue weighted by molar-refractivity contribution is 6.06. The van der Waals surface area contributed by atoms with Crippen LogP contribution >= 0.6 is 0 Å². The number of hydrogen-bond donors (Lipinski definition) is 1. The van der Waals surface area contributed by atoms with E-state index in [1.54, 1.807) is 6.20 Å². The quantitative estimate of drug-likeness (QED) is 0.179. The molecule has 276 valence electrons. The monoisotopic (exact) mass is 716 g/mol. The van der Waals surface area contributed by atoms with E-state index in [1.165, 1.54) is 6.08 Å². The third kappa shape index (κ3) is 6.24. The lowest BCUT2D eigenvalue weighted by Gasteiger charge is -2.54. The van der Waals surface area contributed by atoms with Crippen molar-refractivity contribution in [1.29, 1.82) is 0 Å². The third-order valence-corrected chi connectivity index (χ3v) is 11.9. The summed E-state index contributed by atoms with van der Waals surface area (Å²) in [7, 11) is 0. The molecule has 2 aromatic carbocycles. The first-order valence-corrected chi connectivity index (χ1v) is 18.7. The van der Waals surface area contributed by atoms with Crippen LogP contribution < -0.4 is 14.5 Å². The molecule has 3 aliphatic heterocycles. The van der Waals surface area contributed by atoms with Crippen LogP contribution in [0.2, 0.25) is 0 Å². The molecule has 4 aromatic rings. The molecule has 0 bridgehead atoms. The van der Waals surface area contributed by atoms with Crippen LogP contribution in [0.4, 0.5) is 24.9 Å². The largest absolute Gasteiger partial charge is 0.481 e. The van der Waals surface area contributed by atoms with Crippen LogP contribution in [0, 0.1) is 12.3 Å². The van der Waals surface area contributed by atoms with Gasteiger partial charge in [-0.1, -0.05) is 26.5 Å². The molecular formula is C39H47F3N8O2. The molecule has 1 spiro atoms. The van der Waals surface area contributed by atoms with Gasteiger partial charge in [-0.05, 0) is 92.9 Å². The summed E-state index contributed by atoms with van der Waals surface area (Å²) in [5.74, 6) is 1.56. The molecule has 5 heterocycles. The van der Waals surface area contributed by atoms with Gasteiger partial charge in [0.2, 0.25) is 11.9 Å². The smallest absolute Gasteiger partial charge is 0.422 e. The Labute approximate surface area is 302 Å². The number of carbonyl (C=O) groups excluding carboxylic acids is 1. The third-order valence-electron chi connectivity index (χ3n) is 11.9. The molecule has 1 atom stereocenters. The average molecular weight is 717 g/mol. The highest BCUT2D eigenvalue weighted by Crippen LogP contribution is 2.53. The fourth-order valence-electron chi connectivity index (χ4n) is 8.86. The Morgan fingerprint density at radius 2 is 1.81 bits per heavy atom. The fraction of sp³-hybridized carbons (Fsp3) is 0.538. The second kappa shape index (κ2) is 13.2. The molecule has 10 nitrogen and oxygen atoms in total. The lowest BCUT2D eigenvalue weighted by Crippen LogP contribution is -2.61. The van der Waals surface area contributed by atoms with Crippen LogP contribution in [-0.2, 0) is 4.79 Å². The molecule has 0 radical (unpaired) electrons. The minimum Gasteiger partial charge on any atom is -0.481 e. The topological polar surface area (TPSA) is 93.7 Å². The fourth-order valence-corrected chi connectivity index (χ4v) is 8.86. The summed E-state index contributed by atoms with van der Waals surface area (Å²) in [4.78, 5) is 31.4. The van der Waals surface area contributed by atoms with Crippen molar-refractivity contribution < 1.29 is 22.7 Å². The number of carbonyl (C=O) groups is 1. The van der Waals surface area contributed by atoms with Gasteiger partial charge in [0.25, 0.3) is 0 Å². The van der Waals surface area contributed by atoms with Gasteiger partial charge in [0.05, 0.1) is 11.7 Å². The van der Waals surface area contributed by atoms with E-state index in [0.29, 0.717) is 36.2 Å². The number of nitrogens with zero attached hydrogens (tertiary/aromatic N) is 7. The summed E-state index contributed by atoms with van der Waals surface area (Å²) < 4.78 is 48.3. The molecule has 1 amide bonds. The summed E-state index contributed by atoms with van der Waals surface area (Å²) in [6.45, 7) is 14.8. The summed E-state index contributed by atoms with van der Waals surface area (Å²) in [5, 5.41) is 8.90. The number of alkyl halides is 3. The number of H-pyrrole nitrogens is 1. The zero-order valence-corrected chi connectivity index (χ0v) is 30.2. The number of aromatic nitrogens is 4. The summed E-state index contributed by atoms with van der Waals surface area (Å²) in [6, 6.07) is 6.40. The number of likely N-dealkylation sites (tertiary alicyclic amines) is 1. The molecule has 52 heavy (non-hydrogen) atoms. The number of ether oxygens (including phenoxy) is 1. The second-order valence-corrected chi connectivity index (χ2v) is 15.2. The van der Waals surface area contributed by atoms with Crippen molar-refractivity contribution in [2.24, 2.45) is 5.41 Å². The van der Waals surface area contributed by atoms with Gasteiger partial charge in [-0.25, -0.2) is 4.98 Å². The van der Waals surface area contributed by atoms with Crippen LogP contribution in [0.15, 0.2) is 37.1 Å². The summed E-state index contributed by atoms with van der Waals surface area (Å²) >= 11 is 0. The van der Waals surface area contributed by atoms with Crippen LogP contribution in [0.3, 0.4) is 0 Å². The number of aryl methyl sites for hydroxylation is 1. The minimum absolute atomic E-state index is 0.0377. The first kappa shape index (κ1) is 34.7. The van der Waals surface area contributed by atoms with Gasteiger partial charge in [-0.2, -0.15) is 23.3 Å². The molecule has 2 aromatic heterocycles. The Kier molecular flexibility index (Phi) is 8.82. The van der Waals surface area contributed by atoms with Crippen molar-refractivity contribution >= 4 is 39.5 Å². The predicted molar refractivity (Wildman–Crippen MR) is 197 cm³/mol. The van der Waals surface area contributed by atoms with Crippen molar-refractivity contribution in [3.05, 3.63) is 48.2 Å². The Hall–Kier alpha value is -4.39. The van der Waals surface area contributed by atoms with Crippen LogP contribution in [0.1, 0.15) is 63.0 Å². The molecule has 13 heteroatoms. The van der Waals surface area contributed by atoms with Crippen molar-refractivity contribution in [3.8, 4) is 16.9 Å². The number of halogens is 3. The first-order valence-electron chi connectivity index (χ1n) is 18.7. The van der Waals surface area contributed by atoms with Gasteiger partial charge in [-0.3, -0.25) is 14.8 Å². The highest BCUT2D eigenvalue weighted by atomic mass is 19.4. The number of aromatic amines is 1. The minimum atomic E-state index is -4.55. The summed E-state index contributed by atoms with van der Waals surface area (Å²) in [6.07, 6.45) is 3.18. The van der Waals surface area contributed by atoms with E-state index >= 15 is 0 Å². The standard InChI is InChI=1S/C39H47F3N8O2/c1-5-31(51)50-21-38(22-50)13-16-48(17-14-38)36-28-18-27(25-9-10-25)33(32-24(4)8-11-30-29(32)19-43-46-30)35(52-23-39(40,41)42)34(28)44-37(45-36)49-15-12-26(20-49)47(6-2)7-3/h5,8,11,18-19,25-26H,1,6-7,9-10,12-17,20-23H2,2-4H3,(H,43,46)/t26-/m1/s1. The van der Waals surface area contributed by atoms with Crippen LogP contribution in [0.25, 0.3) is 32.9 Å². The Balaban J connectivity index is 1.30. The molecule has 3 saturated heterocycles. The van der Waals surface area contributed by atoms with E-state index in [4.69, 9.17) is 14.7 Å². The Morgan fingerprint density at radius 1 is 1.06 bits per heavy atom.